The Balaban J connectivity index is 1.94. The molecule has 2 aromatic heterocycles. The lowest BCUT2D eigenvalue weighted by Crippen LogP contribution is -2.08. The molecule has 6 heteroatoms. The van der Waals surface area contributed by atoms with Crippen LogP contribution < -0.4 is 10.5 Å². The van der Waals surface area contributed by atoms with Gasteiger partial charge in [0, 0.05) is 23.5 Å². The Morgan fingerprint density at radius 2 is 2.17 bits per heavy atom. The van der Waals surface area contributed by atoms with Crippen LogP contribution in [0.15, 0.2) is 11.6 Å². The van der Waals surface area contributed by atoms with Crippen LogP contribution in [0.3, 0.4) is 0 Å². The number of nitrogens with two attached hydrogens (primary N) is 1. The van der Waals surface area contributed by atoms with Gasteiger partial charge in [0.15, 0.2) is 0 Å². The summed E-state index contributed by atoms with van der Waals surface area (Å²) < 4.78 is 5.56. The second kappa shape index (κ2) is 5.88. The van der Waals surface area contributed by atoms with Gasteiger partial charge in [0.05, 0.1) is 23.5 Å². The molecule has 5 nitrogen and oxygen atoms in total. The van der Waals surface area contributed by atoms with E-state index in [4.69, 9.17) is 10.5 Å². The molecule has 0 fully saturated rings. The van der Waals surface area contributed by atoms with Crippen LogP contribution in [0.1, 0.15) is 22.0 Å². The van der Waals surface area contributed by atoms with Gasteiger partial charge in [-0.15, -0.1) is 11.3 Å². The average molecular weight is 264 g/mol. The van der Waals surface area contributed by atoms with Crippen LogP contribution in [0.25, 0.3) is 0 Å². The molecule has 0 amide bonds. The van der Waals surface area contributed by atoms with E-state index >= 15 is 0 Å². The average Bonchev–Trinajstić information content (AvgIpc) is 2.74. The van der Waals surface area contributed by atoms with Gasteiger partial charge in [-0.2, -0.15) is 4.98 Å². The molecule has 0 saturated heterocycles. The highest BCUT2D eigenvalue weighted by molar-refractivity contribution is 7.09. The third-order valence-corrected chi connectivity index (χ3v) is 3.50. The maximum Gasteiger partial charge on any atom is 0.316 e. The zero-order valence-electron chi connectivity index (χ0n) is 10.5. The highest BCUT2D eigenvalue weighted by Crippen LogP contribution is 2.13. The molecule has 0 unspecified atom stereocenters. The predicted octanol–water partition coefficient (Wildman–Crippen LogP) is 1.63. The van der Waals surface area contributed by atoms with Crippen molar-refractivity contribution in [3.05, 3.63) is 33.5 Å². The SMILES string of the molecule is Cc1cc(CN)nc(OCCc2scnc2C)n1. The van der Waals surface area contributed by atoms with E-state index in [9.17, 15) is 0 Å². The highest BCUT2D eigenvalue weighted by Gasteiger charge is 2.05. The lowest BCUT2D eigenvalue weighted by molar-refractivity contribution is 0.295. The molecule has 0 spiro atoms. The molecular formula is C12H16N4OS. The van der Waals surface area contributed by atoms with Crippen molar-refractivity contribution in [3.8, 4) is 6.01 Å². The smallest absolute Gasteiger partial charge is 0.316 e. The van der Waals surface area contributed by atoms with Gasteiger partial charge in [0.1, 0.15) is 0 Å². The standard InChI is InChI=1S/C12H16N4OS/c1-8-5-10(6-13)16-12(15-8)17-4-3-11-9(2)14-7-18-11/h5,7H,3-4,6,13H2,1-2H3. The van der Waals surface area contributed by atoms with Crippen LogP contribution >= 0.6 is 11.3 Å². The number of hydrogen-bond acceptors (Lipinski definition) is 6. The second-order valence-corrected chi connectivity index (χ2v) is 4.89. The van der Waals surface area contributed by atoms with Gasteiger partial charge in [-0.1, -0.05) is 0 Å². The first-order valence-electron chi connectivity index (χ1n) is 5.75. The summed E-state index contributed by atoms with van der Waals surface area (Å²) in [5, 5.41) is 0. The van der Waals surface area contributed by atoms with E-state index in [1.165, 1.54) is 4.88 Å². The quantitative estimate of drug-likeness (QED) is 0.888. The van der Waals surface area contributed by atoms with Crippen molar-refractivity contribution in [1.29, 1.82) is 0 Å². The van der Waals surface area contributed by atoms with Crippen molar-refractivity contribution >= 4 is 11.3 Å². The van der Waals surface area contributed by atoms with E-state index in [-0.39, 0.29) is 0 Å². The summed E-state index contributed by atoms with van der Waals surface area (Å²) in [6.45, 7) is 4.85. The minimum absolute atomic E-state index is 0.397. The Morgan fingerprint density at radius 1 is 1.33 bits per heavy atom. The third-order valence-electron chi connectivity index (χ3n) is 2.50. The minimum Gasteiger partial charge on any atom is -0.463 e. The Labute approximate surface area is 110 Å². The maximum atomic E-state index is 5.56. The third kappa shape index (κ3) is 3.24. The van der Waals surface area contributed by atoms with E-state index in [1.54, 1.807) is 11.3 Å². The van der Waals surface area contributed by atoms with Crippen LogP contribution in [0, 0.1) is 13.8 Å². The van der Waals surface area contributed by atoms with Crippen molar-refractivity contribution in [2.75, 3.05) is 6.61 Å². The molecule has 0 radical (unpaired) electrons. The Bertz CT molecular complexity index is 527. The molecule has 2 heterocycles. The lowest BCUT2D eigenvalue weighted by atomic mass is 10.3. The highest BCUT2D eigenvalue weighted by atomic mass is 32.1. The topological polar surface area (TPSA) is 73.9 Å². The summed E-state index contributed by atoms with van der Waals surface area (Å²) in [5.41, 5.74) is 10.1. The fourth-order valence-corrected chi connectivity index (χ4v) is 2.34. The van der Waals surface area contributed by atoms with Crippen LogP contribution in [-0.2, 0) is 13.0 Å². The number of thiazole rings is 1. The van der Waals surface area contributed by atoms with Gasteiger partial charge in [-0.25, -0.2) is 9.97 Å². The van der Waals surface area contributed by atoms with E-state index in [0.717, 1.165) is 23.5 Å². The number of aryl methyl sites for hydroxylation is 2. The van der Waals surface area contributed by atoms with Crippen LogP contribution in [-0.4, -0.2) is 21.6 Å². The fraction of sp³-hybridized carbons (Fsp3) is 0.417. The maximum absolute atomic E-state index is 5.56. The number of nitrogens with zero attached hydrogens (tertiary/aromatic N) is 3. The lowest BCUT2D eigenvalue weighted by Gasteiger charge is -2.06. The molecule has 0 bridgehead atoms. The summed E-state index contributed by atoms with van der Waals surface area (Å²) in [6, 6.07) is 2.26. The van der Waals surface area contributed by atoms with E-state index in [0.29, 0.717) is 19.2 Å². The van der Waals surface area contributed by atoms with Gasteiger partial charge in [0.2, 0.25) is 0 Å². The molecule has 18 heavy (non-hydrogen) atoms. The summed E-state index contributed by atoms with van der Waals surface area (Å²) >= 11 is 1.64. The molecule has 0 saturated carbocycles. The first kappa shape index (κ1) is 12.9. The van der Waals surface area contributed by atoms with Gasteiger partial charge < -0.3 is 10.5 Å². The first-order valence-corrected chi connectivity index (χ1v) is 6.63. The number of rotatable bonds is 5. The molecule has 0 aromatic carbocycles. The predicted molar refractivity (Wildman–Crippen MR) is 70.7 cm³/mol. The molecule has 0 aliphatic heterocycles. The molecular weight excluding hydrogens is 248 g/mol. The van der Waals surface area contributed by atoms with Crippen molar-refractivity contribution in [3.63, 3.8) is 0 Å². The Kier molecular flexibility index (Phi) is 4.22. The van der Waals surface area contributed by atoms with Gasteiger partial charge in [-0.3, -0.25) is 0 Å². The molecule has 2 rings (SSSR count). The number of aromatic nitrogens is 3. The van der Waals surface area contributed by atoms with Crippen molar-refractivity contribution < 1.29 is 4.74 Å². The summed E-state index contributed by atoms with van der Waals surface area (Å²) in [7, 11) is 0. The van der Waals surface area contributed by atoms with Crippen molar-refractivity contribution in [1.82, 2.24) is 15.0 Å². The minimum atomic E-state index is 0.397. The second-order valence-electron chi connectivity index (χ2n) is 3.95. The van der Waals surface area contributed by atoms with Gasteiger partial charge in [-0.05, 0) is 19.9 Å². The van der Waals surface area contributed by atoms with E-state index in [2.05, 4.69) is 15.0 Å². The molecule has 0 atom stereocenters. The summed E-state index contributed by atoms with van der Waals surface area (Å²) in [6.07, 6.45) is 0.825. The van der Waals surface area contributed by atoms with Crippen molar-refractivity contribution in [2.24, 2.45) is 5.73 Å². The van der Waals surface area contributed by atoms with Crippen LogP contribution in [0.4, 0.5) is 0 Å². The largest absolute Gasteiger partial charge is 0.463 e. The molecule has 96 valence electrons. The Hall–Kier alpha value is -1.53. The fourth-order valence-electron chi connectivity index (χ4n) is 1.57. The first-order chi connectivity index (χ1) is 8.69. The monoisotopic (exact) mass is 264 g/mol. The molecule has 2 aromatic rings. The molecule has 2 N–H and O–H groups in total. The molecule has 0 aliphatic carbocycles. The van der Waals surface area contributed by atoms with Crippen LogP contribution in [0.2, 0.25) is 0 Å². The molecule has 0 aliphatic rings. The Morgan fingerprint density at radius 3 is 2.83 bits per heavy atom. The zero-order chi connectivity index (χ0) is 13.0. The zero-order valence-corrected chi connectivity index (χ0v) is 11.3. The normalized spacial score (nSPS) is 10.6. The summed E-state index contributed by atoms with van der Waals surface area (Å²) in [4.78, 5) is 13.9. The van der Waals surface area contributed by atoms with Gasteiger partial charge in [0.25, 0.3) is 0 Å². The van der Waals surface area contributed by atoms with E-state index in [1.807, 2.05) is 25.4 Å². The number of hydrogen-bond donors (Lipinski definition) is 1. The van der Waals surface area contributed by atoms with Crippen LogP contribution in [0.5, 0.6) is 6.01 Å². The summed E-state index contributed by atoms with van der Waals surface area (Å²) in [5.74, 6) is 0. The number of ether oxygens (including phenoxy) is 1. The van der Waals surface area contributed by atoms with Gasteiger partial charge >= 0.3 is 6.01 Å². The van der Waals surface area contributed by atoms with E-state index < -0.39 is 0 Å². The van der Waals surface area contributed by atoms with Crippen molar-refractivity contribution in [2.45, 2.75) is 26.8 Å².